The Morgan fingerprint density at radius 3 is 2.60 bits per heavy atom. The van der Waals surface area contributed by atoms with Crippen molar-refractivity contribution in [1.29, 1.82) is 0 Å². The predicted octanol–water partition coefficient (Wildman–Crippen LogP) is 3.23. The summed E-state index contributed by atoms with van der Waals surface area (Å²) in [5.74, 6) is 6.36. The number of nitrogen functional groups attached to an aromatic ring is 1. The van der Waals surface area contributed by atoms with Crippen LogP contribution in [0.15, 0.2) is 29.1 Å². The minimum Gasteiger partial charge on any atom is -0.393 e. The maximum atomic E-state index is 13.4. The number of nitrogens with two attached hydrogens (primary N) is 1. The number of benzene rings is 1. The van der Waals surface area contributed by atoms with Crippen LogP contribution in [0.5, 0.6) is 0 Å². The van der Waals surface area contributed by atoms with Crippen LogP contribution in [0.3, 0.4) is 0 Å². The van der Waals surface area contributed by atoms with E-state index in [9.17, 15) is 14.7 Å². The van der Waals surface area contributed by atoms with Gasteiger partial charge in [-0.2, -0.15) is 0 Å². The molecule has 0 bridgehead atoms. The molecule has 0 spiro atoms. The Kier molecular flexibility index (Phi) is 6.83. The zero-order chi connectivity index (χ0) is 22.0. The van der Waals surface area contributed by atoms with Gasteiger partial charge in [-0.3, -0.25) is 9.59 Å². The van der Waals surface area contributed by atoms with Crippen LogP contribution in [-0.4, -0.2) is 38.2 Å². The molecule has 3 atom stereocenters. The smallest absolute Gasteiger partial charge is 0.277 e. The largest absolute Gasteiger partial charge is 0.393 e. The van der Waals surface area contributed by atoms with E-state index in [1.54, 1.807) is 36.1 Å². The third kappa shape index (κ3) is 4.37. The molecule has 0 fully saturated rings. The number of amides is 1. The molecule has 1 aromatic heterocycles. The summed E-state index contributed by atoms with van der Waals surface area (Å²) in [4.78, 5) is 32.3. The number of halogens is 1. The number of aromatic nitrogens is 2. The summed E-state index contributed by atoms with van der Waals surface area (Å²) >= 11 is 6.00. The monoisotopic (exact) mass is 432 g/mol. The normalized spacial score (nSPS) is 19.4. The lowest BCUT2D eigenvalue weighted by atomic mass is 9.84. The predicted molar refractivity (Wildman–Crippen MR) is 118 cm³/mol. The van der Waals surface area contributed by atoms with E-state index in [1.807, 2.05) is 0 Å². The summed E-state index contributed by atoms with van der Waals surface area (Å²) < 4.78 is 1.04. The highest BCUT2D eigenvalue weighted by atomic mass is 35.5. The number of hydrogen-bond donors (Lipinski definition) is 2. The van der Waals surface area contributed by atoms with Gasteiger partial charge in [0.05, 0.1) is 23.4 Å². The molecule has 1 aromatic carbocycles. The third-order valence-corrected chi connectivity index (χ3v) is 5.92. The molecule has 30 heavy (non-hydrogen) atoms. The number of rotatable bonds is 6. The van der Waals surface area contributed by atoms with E-state index >= 15 is 0 Å². The SMILES string of the molecule is CCCCC1CN(C(C)=O)C(CC(C)O)c2c1nc(-c1ccc(Cl)cc1)n(N)c2=O. The van der Waals surface area contributed by atoms with E-state index in [2.05, 4.69) is 6.92 Å². The first kappa shape index (κ1) is 22.3. The Balaban J connectivity index is 2.22. The fourth-order valence-electron chi connectivity index (χ4n) is 4.19. The lowest BCUT2D eigenvalue weighted by molar-refractivity contribution is -0.133. The first-order valence-corrected chi connectivity index (χ1v) is 10.8. The van der Waals surface area contributed by atoms with Crippen LogP contribution in [0.4, 0.5) is 0 Å². The van der Waals surface area contributed by atoms with Gasteiger partial charge in [0.25, 0.3) is 5.56 Å². The molecule has 2 aromatic rings. The highest BCUT2D eigenvalue weighted by Crippen LogP contribution is 2.38. The lowest BCUT2D eigenvalue weighted by Crippen LogP contribution is -2.47. The fourth-order valence-corrected chi connectivity index (χ4v) is 4.32. The van der Waals surface area contributed by atoms with Crippen molar-refractivity contribution in [3.63, 3.8) is 0 Å². The molecular formula is C22H29ClN4O3. The van der Waals surface area contributed by atoms with Gasteiger partial charge in [0, 0.05) is 30.0 Å². The molecular weight excluding hydrogens is 404 g/mol. The maximum absolute atomic E-state index is 13.4. The zero-order valence-corrected chi connectivity index (χ0v) is 18.4. The zero-order valence-electron chi connectivity index (χ0n) is 17.6. The minimum atomic E-state index is -0.682. The summed E-state index contributed by atoms with van der Waals surface area (Å²) in [5.41, 5.74) is 1.40. The molecule has 0 aliphatic carbocycles. The molecule has 3 N–H and O–H groups in total. The van der Waals surface area contributed by atoms with Crippen LogP contribution < -0.4 is 11.4 Å². The van der Waals surface area contributed by atoms with Gasteiger partial charge in [-0.05, 0) is 44.0 Å². The molecule has 0 saturated carbocycles. The van der Waals surface area contributed by atoms with E-state index in [0.29, 0.717) is 34.2 Å². The second kappa shape index (κ2) is 9.18. The fraction of sp³-hybridized carbons (Fsp3) is 0.500. The van der Waals surface area contributed by atoms with E-state index in [1.165, 1.54) is 6.92 Å². The summed E-state index contributed by atoms with van der Waals surface area (Å²) in [6.45, 7) is 5.72. The van der Waals surface area contributed by atoms with Crippen molar-refractivity contribution in [1.82, 2.24) is 14.6 Å². The minimum absolute atomic E-state index is 0.0611. The van der Waals surface area contributed by atoms with Gasteiger partial charge in [-0.1, -0.05) is 31.4 Å². The molecule has 0 saturated heterocycles. The van der Waals surface area contributed by atoms with Crippen molar-refractivity contribution in [2.24, 2.45) is 0 Å². The molecule has 7 nitrogen and oxygen atoms in total. The van der Waals surface area contributed by atoms with Crippen LogP contribution in [0.1, 0.15) is 69.7 Å². The Labute approximate surface area is 181 Å². The van der Waals surface area contributed by atoms with E-state index < -0.39 is 12.1 Å². The first-order chi connectivity index (χ1) is 14.2. The maximum Gasteiger partial charge on any atom is 0.277 e. The van der Waals surface area contributed by atoms with Crippen LogP contribution in [0, 0.1) is 0 Å². The van der Waals surface area contributed by atoms with Crippen molar-refractivity contribution in [3.8, 4) is 11.4 Å². The van der Waals surface area contributed by atoms with Gasteiger partial charge in [-0.15, -0.1) is 0 Å². The lowest BCUT2D eigenvalue weighted by Gasteiger charge is -2.40. The van der Waals surface area contributed by atoms with Crippen molar-refractivity contribution < 1.29 is 9.90 Å². The quantitative estimate of drug-likeness (QED) is 0.682. The average Bonchev–Trinajstić information content (AvgIpc) is 2.69. The number of aliphatic hydroxyl groups is 1. The van der Waals surface area contributed by atoms with Gasteiger partial charge in [0.1, 0.15) is 0 Å². The number of aliphatic hydroxyl groups excluding tert-OH is 1. The summed E-state index contributed by atoms with van der Waals surface area (Å²) in [6.07, 6.45) is 2.35. The number of hydrogen-bond acceptors (Lipinski definition) is 5. The van der Waals surface area contributed by atoms with Gasteiger partial charge in [0.2, 0.25) is 5.91 Å². The Morgan fingerprint density at radius 2 is 2.03 bits per heavy atom. The number of carbonyl (C=O) groups excluding carboxylic acids is 1. The van der Waals surface area contributed by atoms with Crippen LogP contribution in [0.2, 0.25) is 5.02 Å². The molecule has 1 aliphatic heterocycles. The van der Waals surface area contributed by atoms with Gasteiger partial charge in [0.15, 0.2) is 5.82 Å². The first-order valence-electron chi connectivity index (χ1n) is 10.4. The van der Waals surface area contributed by atoms with Crippen LogP contribution >= 0.6 is 11.6 Å². The van der Waals surface area contributed by atoms with Gasteiger partial charge >= 0.3 is 0 Å². The average molecular weight is 433 g/mol. The molecule has 1 amide bonds. The van der Waals surface area contributed by atoms with Crippen LogP contribution in [-0.2, 0) is 4.79 Å². The highest BCUT2D eigenvalue weighted by Gasteiger charge is 2.39. The van der Waals surface area contributed by atoms with E-state index in [4.69, 9.17) is 22.4 Å². The molecule has 0 radical (unpaired) electrons. The molecule has 8 heteroatoms. The highest BCUT2D eigenvalue weighted by molar-refractivity contribution is 6.30. The van der Waals surface area contributed by atoms with Crippen molar-refractivity contribution >= 4 is 17.5 Å². The summed E-state index contributed by atoms with van der Waals surface area (Å²) in [5, 5.41) is 10.6. The summed E-state index contributed by atoms with van der Waals surface area (Å²) in [7, 11) is 0. The third-order valence-electron chi connectivity index (χ3n) is 5.67. The van der Waals surface area contributed by atoms with Gasteiger partial charge < -0.3 is 15.8 Å². The van der Waals surface area contributed by atoms with Crippen molar-refractivity contribution in [2.75, 3.05) is 12.4 Å². The molecule has 3 unspecified atom stereocenters. The second-order valence-corrected chi connectivity index (χ2v) is 8.46. The van der Waals surface area contributed by atoms with E-state index in [-0.39, 0.29) is 23.8 Å². The second-order valence-electron chi connectivity index (χ2n) is 8.03. The summed E-state index contributed by atoms with van der Waals surface area (Å²) in [6, 6.07) is 6.46. The Bertz CT molecular complexity index is 972. The number of nitrogens with zero attached hydrogens (tertiary/aromatic N) is 3. The van der Waals surface area contributed by atoms with Gasteiger partial charge in [-0.25, -0.2) is 9.66 Å². The Morgan fingerprint density at radius 1 is 1.37 bits per heavy atom. The Hall–Kier alpha value is -2.38. The number of unbranched alkanes of at least 4 members (excludes halogenated alkanes) is 1. The molecule has 162 valence electrons. The van der Waals surface area contributed by atoms with Crippen LogP contribution in [0.25, 0.3) is 11.4 Å². The number of carbonyl (C=O) groups is 1. The molecule has 1 aliphatic rings. The van der Waals surface area contributed by atoms with Crippen molar-refractivity contribution in [2.45, 2.75) is 64.5 Å². The molecule has 3 rings (SSSR count). The van der Waals surface area contributed by atoms with E-state index in [0.717, 1.165) is 23.9 Å². The molecule has 2 heterocycles. The van der Waals surface area contributed by atoms with Crippen molar-refractivity contribution in [3.05, 3.63) is 50.9 Å². The standard InChI is InChI=1S/C22H29ClN4O3/c1-4-5-6-16-12-26(14(3)29)18(11-13(2)28)19-20(16)25-21(27(24)22(19)30)15-7-9-17(23)10-8-15/h7-10,13,16,18,28H,4-6,11-12,24H2,1-3H3. The number of fused-ring (bicyclic) bond motifs is 1. The topological polar surface area (TPSA) is 101 Å².